The monoisotopic (exact) mass is 284 g/mol. The van der Waals surface area contributed by atoms with Crippen LogP contribution in [-0.2, 0) is 5.41 Å². The Morgan fingerprint density at radius 2 is 2.05 bits per heavy atom. The first-order valence-electron chi connectivity index (χ1n) is 6.56. The van der Waals surface area contributed by atoms with Crippen molar-refractivity contribution in [3.8, 4) is 0 Å². The lowest BCUT2D eigenvalue weighted by Gasteiger charge is -2.27. The zero-order valence-corrected chi connectivity index (χ0v) is 12.4. The van der Waals surface area contributed by atoms with E-state index in [-0.39, 0.29) is 5.41 Å². The molecule has 20 heavy (non-hydrogen) atoms. The molecule has 1 aromatic carbocycles. The smallest absolute Gasteiger partial charge is 0.317 e. The maximum Gasteiger partial charge on any atom is 0.317 e. The summed E-state index contributed by atoms with van der Waals surface area (Å²) in [5.74, 6) is 0. The molecule has 0 aliphatic rings. The maximum absolute atomic E-state index is 12.2. The molecule has 5 heteroatoms. The van der Waals surface area contributed by atoms with Crippen LogP contribution >= 0.6 is 0 Å². The molecule has 0 saturated heterocycles. The number of urea groups is 1. The molecule has 112 valence electrons. The zero-order chi connectivity index (χ0) is 15.3. The summed E-state index contributed by atoms with van der Waals surface area (Å²) in [6, 6.07) is 7.56. The van der Waals surface area contributed by atoms with Crippen LogP contribution in [0.15, 0.2) is 24.3 Å². The van der Waals surface area contributed by atoms with E-state index in [9.17, 15) is 13.6 Å². The molecule has 0 aliphatic heterocycles. The number of hydrogen-bond donors (Lipinski definition) is 1. The number of halogens is 2. The van der Waals surface area contributed by atoms with E-state index in [2.05, 4.69) is 11.4 Å². The average molecular weight is 284 g/mol. The third kappa shape index (κ3) is 4.79. The molecule has 1 N–H and O–H groups in total. The summed E-state index contributed by atoms with van der Waals surface area (Å²) >= 11 is 0. The summed E-state index contributed by atoms with van der Waals surface area (Å²) < 4.78 is 24.4. The number of hydrogen-bond acceptors (Lipinski definition) is 1. The molecule has 1 rings (SSSR count). The molecule has 0 aromatic heterocycles. The van der Waals surface area contributed by atoms with Gasteiger partial charge in [0.1, 0.15) is 0 Å². The topological polar surface area (TPSA) is 32.3 Å². The number of nitrogens with one attached hydrogen (secondary N) is 1. The van der Waals surface area contributed by atoms with Gasteiger partial charge in [-0.25, -0.2) is 13.6 Å². The van der Waals surface area contributed by atoms with Crippen molar-refractivity contribution in [3.05, 3.63) is 35.4 Å². The Balaban J connectivity index is 2.61. The van der Waals surface area contributed by atoms with Gasteiger partial charge < -0.3 is 10.2 Å². The van der Waals surface area contributed by atoms with Crippen molar-refractivity contribution >= 4 is 6.03 Å². The lowest BCUT2D eigenvalue weighted by molar-refractivity contribution is 0.107. The Morgan fingerprint density at radius 3 is 2.60 bits per heavy atom. The minimum Gasteiger partial charge on any atom is -0.337 e. The molecule has 0 radical (unpaired) electrons. The lowest BCUT2D eigenvalue weighted by atomic mass is 9.84. The number of carbonyl (C=O) groups excluding carboxylic acids is 1. The Bertz CT molecular complexity index is 461. The van der Waals surface area contributed by atoms with Gasteiger partial charge in [0.25, 0.3) is 6.43 Å². The van der Waals surface area contributed by atoms with E-state index < -0.39 is 19.0 Å². The molecule has 0 bridgehead atoms. The van der Waals surface area contributed by atoms with Crippen molar-refractivity contribution in [1.29, 1.82) is 0 Å². The lowest BCUT2D eigenvalue weighted by Crippen LogP contribution is -2.44. The number of benzene rings is 1. The van der Waals surface area contributed by atoms with E-state index in [1.165, 1.54) is 7.05 Å². The van der Waals surface area contributed by atoms with Crippen molar-refractivity contribution in [2.24, 2.45) is 0 Å². The van der Waals surface area contributed by atoms with E-state index in [0.717, 1.165) is 16.0 Å². The number of aryl methyl sites for hydroxylation is 1. The molecule has 1 aromatic rings. The molecular formula is C15H22F2N2O. The summed E-state index contributed by atoms with van der Waals surface area (Å²) in [7, 11) is 1.36. The van der Waals surface area contributed by atoms with Gasteiger partial charge in [0.05, 0.1) is 6.54 Å². The molecule has 3 nitrogen and oxygen atoms in total. The predicted molar refractivity (Wildman–Crippen MR) is 76.2 cm³/mol. The number of amides is 2. The van der Waals surface area contributed by atoms with E-state index in [4.69, 9.17) is 0 Å². The van der Waals surface area contributed by atoms with Crippen LogP contribution < -0.4 is 5.32 Å². The van der Waals surface area contributed by atoms with E-state index in [0.29, 0.717) is 6.54 Å². The van der Waals surface area contributed by atoms with Crippen LogP contribution in [0.4, 0.5) is 13.6 Å². The first kappa shape index (κ1) is 16.4. The van der Waals surface area contributed by atoms with Crippen molar-refractivity contribution in [2.75, 3.05) is 20.1 Å². The summed E-state index contributed by atoms with van der Waals surface area (Å²) in [5.41, 5.74) is 2.00. The third-order valence-corrected chi connectivity index (χ3v) is 3.24. The molecular weight excluding hydrogens is 262 g/mol. The fourth-order valence-electron chi connectivity index (χ4n) is 1.89. The molecule has 0 spiro atoms. The first-order valence-corrected chi connectivity index (χ1v) is 6.56. The van der Waals surface area contributed by atoms with Crippen LogP contribution in [0.25, 0.3) is 0 Å². The predicted octanol–water partition coefficient (Wildman–Crippen LogP) is 3.18. The number of rotatable bonds is 5. The van der Waals surface area contributed by atoms with Crippen LogP contribution in [-0.4, -0.2) is 37.5 Å². The second kappa shape index (κ2) is 6.68. The van der Waals surface area contributed by atoms with Crippen LogP contribution in [0.2, 0.25) is 0 Å². The first-order chi connectivity index (χ1) is 9.22. The van der Waals surface area contributed by atoms with Gasteiger partial charge in [-0.2, -0.15) is 0 Å². The molecule has 0 atom stereocenters. The summed E-state index contributed by atoms with van der Waals surface area (Å²) in [6.07, 6.45) is -2.52. The van der Waals surface area contributed by atoms with E-state index in [1.54, 1.807) is 0 Å². The van der Waals surface area contributed by atoms with Crippen LogP contribution in [0.1, 0.15) is 25.0 Å². The second-order valence-corrected chi connectivity index (χ2v) is 5.68. The molecule has 0 fully saturated rings. The number of nitrogens with zero attached hydrogens (tertiary/aromatic N) is 1. The SMILES string of the molecule is Cc1cccc(C(C)(C)CNC(=O)N(C)CC(F)F)c1. The quantitative estimate of drug-likeness (QED) is 0.885. The van der Waals surface area contributed by atoms with E-state index >= 15 is 0 Å². The van der Waals surface area contributed by atoms with Crippen LogP contribution in [0.3, 0.4) is 0 Å². The van der Waals surface area contributed by atoms with Gasteiger partial charge >= 0.3 is 6.03 Å². The Kier molecular flexibility index (Phi) is 5.48. The van der Waals surface area contributed by atoms with Gasteiger partial charge in [-0.05, 0) is 12.5 Å². The highest BCUT2D eigenvalue weighted by Gasteiger charge is 2.23. The minimum atomic E-state index is -2.52. The maximum atomic E-state index is 12.2. The van der Waals surface area contributed by atoms with Gasteiger partial charge in [0, 0.05) is 19.0 Å². The van der Waals surface area contributed by atoms with Crippen molar-refractivity contribution < 1.29 is 13.6 Å². The van der Waals surface area contributed by atoms with Gasteiger partial charge in [-0.15, -0.1) is 0 Å². The summed E-state index contributed by atoms with van der Waals surface area (Å²) in [6.45, 7) is 5.86. The van der Waals surface area contributed by atoms with Gasteiger partial charge in [-0.1, -0.05) is 43.7 Å². The van der Waals surface area contributed by atoms with Crippen LogP contribution in [0, 0.1) is 6.92 Å². The van der Waals surface area contributed by atoms with Gasteiger partial charge in [0.15, 0.2) is 0 Å². The third-order valence-electron chi connectivity index (χ3n) is 3.24. The highest BCUT2D eigenvalue weighted by atomic mass is 19.3. The highest BCUT2D eigenvalue weighted by Crippen LogP contribution is 2.23. The number of alkyl halides is 2. The standard InChI is InChI=1S/C15H22F2N2O/c1-11-6-5-7-12(8-11)15(2,3)10-18-14(20)19(4)9-13(16)17/h5-8,13H,9-10H2,1-4H3,(H,18,20). The molecule has 0 unspecified atom stereocenters. The van der Waals surface area contributed by atoms with Gasteiger partial charge in [0.2, 0.25) is 0 Å². The molecule has 0 aliphatic carbocycles. The van der Waals surface area contributed by atoms with Crippen molar-refractivity contribution in [2.45, 2.75) is 32.6 Å². The minimum absolute atomic E-state index is 0.257. The molecule has 0 heterocycles. The Hall–Kier alpha value is -1.65. The van der Waals surface area contributed by atoms with Crippen LogP contribution in [0.5, 0.6) is 0 Å². The van der Waals surface area contributed by atoms with Gasteiger partial charge in [-0.3, -0.25) is 0 Å². The normalized spacial score (nSPS) is 11.6. The fourth-order valence-corrected chi connectivity index (χ4v) is 1.89. The zero-order valence-electron chi connectivity index (χ0n) is 12.4. The highest BCUT2D eigenvalue weighted by molar-refractivity contribution is 5.74. The second-order valence-electron chi connectivity index (χ2n) is 5.68. The fraction of sp³-hybridized carbons (Fsp3) is 0.533. The summed E-state index contributed by atoms with van der Waals surface area (Å²) in [4.78, 5) is 12.7. The molecule has 0 saturated carbocycles. The average Bonchev–Trinajstić information content (AvgIpc) is 2.35. The van der Waals surface area contributed by atoms with E-state index in [1.807, 2.05) is 39.0 Å². The van der Waals surface area contributed by atoms with Crippen molar-refractivity contribution in [1.82, 2.24) is 10.2 Å². The Labute approximate surface area is 119 Å². The Morgan fingerprint density at radius 1 is 1.40 bits per heavy atom. The molecule has 2 amide bonds. The van der Waals surface area contributed by atoms with Crippen molar-refractivity contribution in [3.63, 3.8) is 0 Å². The number of carbonyl (C=O) groups is 1. The summed E-state index contributed by atoms with van der Waals surface area (Å²) in [5, 5.41) is 2.70. The largest absolute Gasteiger partial charge is 0.337 e.